The zero-order valence-electron chi connectivity index (χ0n) is 12.2. The van der Waals surface area contributed by atoms with E-state index in [2.05, 4.69) is 10.2 Å². The highest BCUT2D eigenvalue weighted by atomic mass is 32.2. The fraction of sp³-hybridized carbons (Fsp3) is 0.118. The Hall–Kier alpha value is -2.47. The third kappa shape index (κ3) is 4.04. The van der Waals surface area contributed by atoms with E-state index in [9.17, 15) is 9.18 Å². The largest absolute Gasteiger partial charge is 0.285 e. The molecule has 2 aromatic rings. The Morgan fingerprint density at radius 3 is 2.61 bits per heavy atom. The van der Waals surface area contributed by atoms with Crippen LogP contribution in [-0.4, -0.2) is 27.9 Å². The van der Waals surface area contributed by atoms with Crippen molar-refractivity contribution in [2.75, 3.05) is 5.75 Å². The van der Waals surface area contributed by atoms with E-state index in [1.54, 1.807) is 23.2 Å². The maximum atomic E-state index is 13.0. The van der Waals surface area contributed by atoms with Gasteiger partial charge in [-0.05, 0) is 23.3 Å². The Labute approximate surface area is 137 Å². The minimum Gasteiger partial charge on any atom is -0.285 e. The third-order valence-corrected chi connectivity index (χ3v) is 4.21. The first-order chi connectivity index (χ1) is 11.2. The molecule has 0 N–H and O–H groups in total. The molecule has 0 unspecified atom stereocenters. The van der Waals surface area contributed by atoms with E-state index in [4.69, 9.17) is 0 Å². The maximum absolute atomic E-state index is 13.0. The van der Waals surface area contributed by atoms with Crippen molar-refractivity contribution in [3.63, 3.8) is 0 Å². The second kappa shape index (κ2) is 7.19. The number of carbonyl (C=O) groups is 1. The Balaban J connectivity index is 1.73. The molecule has 0 saturated carbocycles. The van der Waals surface area contributed by atoms with Crippen molar-refractivity contribution in [2.24, 2.45) is 10.2 Å². The van der Waals surface area contributed by atoms with Crippen LogP contribution in [0.5, 0.6) is 0 Å². The quantitative estimate of drug-likeness (QED) is 0.639. The normalized spacial score (nSPS) is 16.7. The van der Waals surface area contributed by atoms with E-state index >= 15 is 0 Å². The number of hydrogen-bond donors (Lipinski definition) is 0. The first kappa shape index (κ1) is 15.4. The lowest BCUT2D eigenvalue weighted by Gasteiger charge is -2.15. The van der Waals surface area contributed by atoms with Crippen LogP contribution in [0.25, 0.3) is 0 Å². The molecule has 1 heterocycles. The predicted molar refractivity (Wildman–Crippen MR) is 90.9 cm³/mol. The highest BCUT2D eigenvalue weighted by Crippen LogP contribution is 2.22. The van der Waals surface area contributed by atoms with Gasteiger partial charge in [-0.1, -0.05) is 54.2 Å². The van der Waals surface area contributed by atoms with Crippen LogP contribution in [0.1, 0.15) is 11.1 Å². The van der Waals surface area contributed by atoms with Gasteiger partial charge in [-0.15, -0.1) is 5.10 Å². The van der Waals surface area contributed by atoms with E-state index in [0.29, 0.717) is 17.5 Å². The minimum atomic E-state index is -0.294. The van der Waals surface area contributed by atoms with Gasteiger partial charge >= 0.3 is 0 Å². The van der Waals surface area contributed by atoms with Crippen LogP contribution < -0.4 is 0 Å². The number of thioether (sulfide) groups is 1. The van der Waals surface area contributed by atoms with Gasteiger partial charge in [-0.3, -0.25) is 9.69 Å². The van der Waals surface area contributed by atoms with Crippen molar-refractivity contribution >= 4 is 29.1 Å². The average Bonchev–Trinajstić information content (AvgIpc) is 2.91. The van der Waals surface area contributed by atoms with Crippen LogP contribution in [0.15, 0.2) is 64.8 Å². The summed E-state index contributed by atoms with van der Waals surface area (Å²) < 4.78 is 13.0. The second-order valence-corrected chi connectivity index (χ2v) is 5.88. The van der Waals surface area contributed by atoms with Gasteiger partial charge in [0, 0.05) is 0 Å². The van der Waals surface area contributed by atoms with Gasteiger partial charge in [0.15, 0.2) is 5.17 Å². The topological polar surface area (TPSA) is 45.0 Å². The fourth-order valence-corrected chi connectivity index (χ4v) is 2.92. The summed E-state index contributed by atoms with van der Waals surface area (Å²) in [6.07, 6.45) is 1.65. The molecule has 0 aliphatic carbocycles. The Bertz CT molecular complexity index is 744. The lowest BCUT2D eigenvalue weighted by Crippen LogP contribution is -2.28. The minimum absolute atomic E-state index is 0.0204. The van der Waals surface area contributed by atoms with Crippen molar-refractivity contribution in [1.82, 2.24) is 4.90 Å². The molecule has 1 saturated heterocycles. The number of benzene rings is 2. The fourth-order valence-electron chi connectivity index (χ4n) is 2.08. The maximum Gasteiger partial charge on any atom is 0.239 e. The molecule has 116 valence electrons. The van der Waals surface area contributed by atoms with Crippen molar-refractivity contribution in [2.45, 2.75) is 6.54 Å². The monoisotopic (exact) mass is 327 g/mol. The summed E-state index contributed by atoms with van der Waals surface area (Å²) in [5, 5.41) is 8.76. The lowest BCUT2D eigenvalue weighted by molar-refractivity contribution is -0.124. The first-order valence-electron chi connectivity index (χ1n) is 7.06. The second-order valence-electron chi connectivity index (χ2n) is 4.93. The van der Waals surface area contributed by atoms with E-state index in [1.807, 2.05) is 30.3 Å². The zero-order valence-corrected chi connectivity index (χ0v) is 13.0. The molecule has 23 heavy (non-hydrogen) atoms. The highest BCUT2D eigenvalue weighted by Gasteiger charge is 2.28. The Morgan fingerprint density at radius 1 is 1.13 bits per heavy atom. The van der Waals surface area contributed by atoms with E-state index in [-0.39, 0.29) is 11.7 Å². The summed E-state index contributed by atoms with van der Waals surface area (Å²) in [6, 6.07) is 15.7. The van der Waals surface area contributed by atoms with Crippen molar-refractivity contribution in [1.29, 1.82) is 0 Å². The Morgan fingerprint density at radius 2 is 1.87 bits per heavy atom. The number of rotatable bonds is 4. The van der Waals surface area contributed by atoms with Crippen LogP contribution in [0, 0.1) is 5.82 Å². The molecular weight excluding hydrogens is 313 g/mol. The van der Waals surface area contributed by atoms with Crippen LogP contribution >= 0.6 is 11.8 Å². The van der Waals surface area contributed by atoms with Gasteiger partial charge in [0.2, 0.25) is 5.91 Å². The molecule has 6 heteroatoms. The molecule has 4 nitrogen and oxygen atoms in total. The summed E-state index contributed by atoms with van der Waals surface area (Å²) in [7, 11) is 0. The molecule has 1 amide bonds. The molecule has 1 aliphatic rings. The van der Waals surface area contributed by atoms with E-state index in [1.165, 1.54) is 23.9 Å². The van der Waals surface area contributed by atoms with Crippen LogP contribution in [0.3, 0.4) is 0 Å². The predicted octanol–water partition coefficient (Wildman–Crippen LogP) is 3.29. The number of amides is 1. The lowest BCUT2D eigenvalue weighted by atomic mass is 10.2. The van der Waals surface area contributed by atoms with Crippen LogP contribution in [0.2, 0.25) is 0 Å². The van der Waals surface area contributed by atoms with E-state index < -0.39 is 0 Å². The molecule has 0 spiro atoms. The third-order valence-electron chi connectivity index (χ3n) is 3.26. The molecule has 0 aromatic heterocycles. The summed E-state index contributed by atoms with van der Waals surface area (Å²) in [4.78, 5) is 13.6. The van der Waals surface area contributed by atoms with Gasteiger partial charge in [-0.25, -0.2) is 4.39 Å². The number of nitrogens with zero attached hydrogens (tertiary/aromatic N) is 3. The number of hydrogen-bond acceptors (Lipinski definition) is 4. The average molecular weight is 327 g/mol. The van der Waals surface area contributed by atoms with Crippen molar-refractivity contribution in [3.8, 4) is 0 Å². The highest BCUT2D eigenvalue weighted by molar-refractivity contribution is 8.15. The van der Waals surface area contributed by atoms with Gasteiger partial charge in [-0.2, -0.15) is 5.10 Å². The summed E-state index contributed by atoms with van der Waals surface area (Å²) in [5.74, 6) is 0.0335. The van der Waals surface area contributed by atoms with Crippen molar-refractivity contribution < 1.29 is 9.18 Å². The summed E-state index contributed by atoms with van der Waals surface area (Å²) >= 11 is 1.35. The molecular formula is C17H14FN3OS. The smallest absolute Gasteiger partial charge is 0.239 e. The molecule has 2 aromatic carbocycles. The Kier molecular flexibility index (Phi) is 4.83. The van der Waals surface area contributed by atoms with Gasteiger partial charge < -0.3 is 0 Å². The standard InChI is InChI=1S/C17H14FN3OS/c18-15-8-6-14(7-9-15)11-21-16(22)12-23-17(21)20-19-10-13-4-2-1-3-5-13/h1-10H,11-12H2/b19-10-,20-17-. The molecule has 1 fully saturated rings. The number of amidine groups is 1. The molecule has 0 radical (unpaired) electrons. The molecule has 1 aliphatic heterocycles. The summed E-state index contributed by atoms with van der Waals surface area (Å²) in [5.41, 5.74) is 1.79. The first-order valence-corrected chi connectivity index (χ1v) is 8.04. The molecule has 0 bridgehead atoms. The van der Waals surface area contributed by atoms with Gasteiger partial charge in [0.25, 0.3) is 0 Å². The van der Waals surface area contributed by atoms with Crippen LogP contribution in [-0.2, 0) is 11.3 Å². The molecule has 0 atom stereocenters. The number of carbonyl (C=O) groups excluding carboxylic acids is 1. The van der Waals surface area contributed by atoms with Gasteiger partial charge in [0.05, 0.1) is 18.5 Å². The SMILES string of the molecule is O=C1CS/C(=N\N=C/c2ccccc2)N1Cc1ccc(F)cc1. The zero-order chi connectivity index (χ0) is 16.1. The van der Waals surface area contributed by atoms with Crippen molar-refractivity contribution in [3.05, 3.63) is 71.5 Å². The molecule has 3 rings (SSSR count). The number of halogens is 1. The van der Waals surface area contributed by atoms with Gasteiger partial charge in [0.1, 0.15) is 5.82 Å². The van der Waals surface area contributed by atoms with E-state index in [0.717, 1.165) is 11.1 Å². The summed E-state index contributed by atoms with van der Waals surface area (Å²) in [6.45, 7) is 0.367. The van der Waals surface area contributed by atoms with Crippen LogP contribution in [0.4, 0.5) is 4.39 Å².